The number of nitrogen functional groups attached to an aromatic ring is 1. The minimum absolute atomic E-state index is 0.274. The largest absolute Gasteiger partial charge is 0.462 e. The molecule has 1 aromatic carbocycles. The molecule has 26 heavy (non-hydrogen) atoms. The number of carbonyl (C=O) groups excluding carboxylic acids is 1. The highest BCUT2D eigenvalue weighted by Gasteiger charge is 2.27. The topological polar surface area (TPSA) is 65.2 Å². The van der Waals surface area contributed by atoms with Gasteiger partial charge < -0.3 is 10.5 Å². The molecule has 0 unspecified atom stereocenters. The van der Waals surface area contributed by atoms with Crippen LogP contribution in [0.15, 0.2) is 24.3 Å². The van der Waals surface area contributed by atoms with Gasteiger partial charge in [-0.3, -0.25) is 0 Å². The number of aryl methyl sites for hydroxylation is 1. The Morgan fingerprint density at radius 1 is 1.31 bits per heavy atom. The van der Waals surface area contributed by atoms with Crippen molar-refractivity contribution < 1.29 is 13.9 Å². The van der Waals surface area contributed by atoms with E-state index in [1.54, 1.807) is 19.1 Å². The molecule has 0 spiro atoms. The van der Waals surface area contributed by atoms with Gasteiger partial charge in [0.15, 0.2) is 0 Å². The summed E-state index contributed by atoms with van der Waals surface area (Å²) in [6.45, 7) is 2.03. The first-order valence-electron chi connectivity index (χ1n) is 8.77. The summed E-state index contributed by atoms with van der Waals surface area (Å²) in [5, 5.41) is 0.670. The van der Waals surface area contributed by atoms with Crippen molar-refractivity contribution in [1.82, 2.24) is 4.98 Å². The number of hydrogen-bond acceptors (Lipinski definition) is 5. The first kappa shape index (κ1) is 17.0. The monoisotopic (exact) mass is 370 g/mol. The standard InChI is InChI=1S/C20H19FN2O2S/c1-2-25-20(24)18-17(22)16-15(11-7-3-5-9-13(11)21)12-8-4-6-10-14(12)23-19(16)26-18/h3,5,7,9H,2,4,6,8,10,22H2,1H3. The van der Waals surface area contributed by atoms with Gasteiger partial charge in [-0.05, 0) is 44.2 Å². The normalized spacial score (nSPS) is 13.6. The van der Waals surface area contributed by atoms with E-state index >= 15 is 0 Å². The van der Waals surface area contributed by atoms with Crippen LogP contribution in [0.2, 0.25) is 0 Å². The Bertz CT molecular complexity index is 1010. The van der Waals surface area contributed by atoms with E-state index in [-0.39, 0.29) is 12.4 Å². The van der Waals surface area contributed by atoms with Crippen LogP contribution in [0.4, 0.5) is 10.1 Å². The van der Waals surface area contributed by atoms with Gasteiger partial charge in [0.1, 0.15) is 15.5 Å². The number of thiophene rings is 1. The lowest BCUT2D eigenvalue weighted by molar-refractivity contribution is 0.0533. The molecule has 2 N–H and O–H groups in total. The van der Waals surface area contributed by atoms with Crippen LogP contribution in [-0.2, 0) is 17.6 Å². The number of nitrogens with two attached hydrogens (primary N) is 1. The van der Waals surface area contributed by atoms with Crippen LogP contribution in [0.1, 0.15) is 40.7 Å². The molecule has 6 heteroatoms. The van der Waals surface area contributed by atoms with E-state index in [9.17, 15) is 9.18 Å². The average molecular weight is 370 g/mol. The average Bonchev–Trinajstić information content (AvgIpc) is 2.97. The summed E-state index contributed by atoms with van der Waals surface area (Å²) in [5.41, 5.74) is 10.0. The van der Waals surface area contributed by atoms with Crippen LogP contribution in [0.25, 0.3) is 21.3 Å². The Kier molecular flexibility index (Phi) is 4.36. The fraction of sp³-hybridized carbons (Fsp3) is 0.300. The maximum absolute atomic E-state index is 14.6. The van der Waals surface area contributed by atoms with Gasteiger partial charge in [-0.1, -0.05) is 18.2 Å². The molecule has 1 aliphatic carbocycles. The second kappa shape index (κ2) is 6.68. The number of carbonyl (C=O) groups is 1. The number of rotatable bonds is 3. The summed E-state index contributed by atoms with van der Waals surface area (Å²) in [6.07, 6.45) is 3.80. The molecule has 0 aliphatic heterocycles. The molecule has 4 nitrogen and oxygen atoms in total. The van der Waals surface area contributed by atoms with Gasteiger partial charge in [-0.25, -0.2) is 14.2 Å². The van der Waals surface area contributed by atoms with E-state index in [1.165, 1.54) is 17.4 Å². The first-order valence-corrected chi connectivity index (χ1v) is 9.59. The molecule has 0 fully saturated rings. The zero-order valence-corrected chi connectivity index (χ0v) is 15.3. The smallest absolute Gasteiger partial charge is 0.350 e. The van der Waals surface area contributed by atoms with E-state index < -0.39 is 5.97 Å². The second-order valence-corrected chi connectivity index (χ2v) is 7.34. The van der Waals surface area contributed by atoms with E-state index in [1.807, 2.05) is 6.07 Å². The molecular formula is C20H19FN2O2S. The van der Waals surface area contributed by atoms with Crippen LogP contribution in [-0.4, -0.2) is 17.6 Å². The van der Waals surface area contributed by atoms with Gasteiger partial charge >= 0.3 is 5.97 Å². The molecule has 0 saturated carbocycles. The van der Waals surface area contributed by atoms with Crippen LogP contribution in [0.3, 0.4) is 0 Å². The third-order valence-electron chi connectivity index (χ3n) is 4.76. The number of benzene rings is 1. The van der Waals surface area contributed by atoms with Crippen molar-refractivity contribution >= 4 is 33.2 Å². The minimum Gasteiger partial charge on any atom is -0.462 e. The van der Waals surface area contributed by atoms with E-state index in [2.05, 4.69) is 0 Å². The molecule has 1 aliphatic rings. The lowest BCUT2D eigenvalue weighted by atomic mass is 9.87. The molecule has 4 rings (SSSR count). The molecule has 0 amide bonds. The van der Waals surface area contributed by atoms with Crippen LogP contribution < -0.4 is 5.73 Å². The third kappa shape index (κ3) is 2.65. The molecule has 3 aromatic rings. The lowest BCUT2D eigenvalue weighted by Gasteiger charge is -2.20. The molecular weight excluding hydrogens is 351 g/mol. The Hall–Kier alpha value is -2.47. The van der Waals surface area contributed by atoms with Gasteiger partial charge in [-0.2, -0.15) is 0 Å². The van der Waals surface area contributed by atoms with Crippen LogP contribution >= 0.6 is 11.3 Å². The molecule has 134 valence electrons. The molecule has 0 bridgehead atoms. The number of pyridine rings is 1. The molecule has 2 aromatic heterocycles. The quantitative estimate of drug-likeness (QED) is 0.676. The highest BCUT2D eigenvalue weighted by Crippen LogP contribution is 2.44. The maximum atomic E-state index is 14.6. The minimum atomic E-state index is -0.453. The summed E-state index contributed by atoms with van der Waals surface area (Å²) >= 11 is 1.23. The van der Waals surface area contributed by atoms with Crippen molar-refractivity contribution in [1.29, 1.82) is 0 Å². The lowest BCUT2D eigenvalue weighted by Crippen LogP contribution is -2.08. The van der Waals surface area contributed by atoms with Gasteiger partial charge in [0.2, 0.25) is 0 Å². The number of esters is 1. The highest BCUT2D eigenvalue weighted by molar-refractivity contribution is 7.21. The summed E-state index contributed by atoms with van der Waals surface area (Å²) in [4.78, 5) is 18.1. The Morgan fingerprint density at radius 3 is 2.85 bits per heavy atom. The molecule has 2 heterocycles. The Morgan fingerprint density at radius 2 is 2.08 bits per heavy atom. The van der Waals surface area contributed by atoms with Crippen LogP contribution in [0, 0.1) is 5.82 Å². The third-order valence-corrected chi connectivity index (χ3v) is 5.84. The fourth-order valence-corrected chi connectivity index (χ4v) is 4.63. The number of fused-ring (bicyclic) bond motifs is 2. The van der Waals surface area contributed by atoms with Gasteiger partial charge in [0, 0.05) is 22.2 Å². The first-order chi connectivity index (χ1) is 12.6. The second-order valence-electron chi connectivity index (χ2n) is 6.34. The highest BCUT2D eigenvalue weighted by atomic mass is 32.1. The summed E-state index contributed by atoms with van der Waals surface area (Å²) in [6, 6.07) is 6.70. The van der Waals surface area contributed by atoms with Crippen molar-refractivity contribution in [2.75, 3.05) is 12.3 Å². The van der Waals surface area contributed by atoms with Gasteiger partial charge in [0.25, 0.3) is 0 Å². The van der Waals surface area contributed by atoms with E-state index in [4.69, 9.17) is 15.5 Å². The van der Waals surface area contributed by atoms with E-state index in [0.717, 1.165) is 42.5 Å². The van der Waals surface area contributed by atoms with E-state index in [0.29, 0.717) is 26.3 Å². The van der Waals surface area contributed by atoms with Gasteiger partial charge in [-0.15, -0.1) is 11.3 Å². The van der Waals surface area contributed by atoms with Crippen molar-refractivity contribution in [2.45, 2.75) is 32.6 Å². The number of ether oxygens (including phenoxy) is 1. The number of aromatic nitrogens is 1. The number of anilines is 1. The van der Waals surface area contributed by atoms with Crippen molar-refractivity contribution in [3.63, 3.8) is 0 Å². The predicted molar refractivity (Wildman–Crippen MR) is 102 cm³/mol. The summed E-state index contributed by atoms with van der Waals surface area (Å²) in [7, 11) is 0. The summed E-state index contributed by atoms with van der Waals surface area (Å²) < 4.78 is 19.8. The van der Waals surface area contributed by atoms with Crippen LogP contribution in [0.5, 0.6) is 0 Å². The Balaban J connectivity index is 2.07. The maximum Gasteiger partial charge on any atom is 0.350 e. The molecule has 0 saturated heterocycles. The fourth-order valence-electron chi connectivity index (χ4n) is 3.62. The number of nitrogens with zero attached hydrogens (tertiary/aromatic N) is 1. The molecule has 0 radical (unpaired) electrons. The molecule has 0 atom stereocenters. The van der Waals surface area contributed by atoms with Crippen molar-refractivity contribution in [3.05, 3.63) is 46.2 Å². The predicted octanol–water partition coefficient (Wildman–Crippen LogP) is 4.74. The van der Waals surface area contributed by atoms with Crippen molar-refractivity contribution in [3.8, 4) is 11.1 Å². The van der Waals surface area contributed by atoms with Crippen molar-refractivity contribution in [2.24, 2.45) is 0 Å². The van der Waals surface area contributed by atoms with Gasteiger partial charge in [0.05, 0.1) is 12.3 Å². The summed E-state index contributed by atoms with van der Waals surface area (Å²) in [5.74, 6) is -0.749. The SMILES string of the molecule is CCOC(=O)c1sc2nc3c(c(-c4ccccc4F)c2c1N)CCCC3. The zero-order chi connectivity index (χ0) is 18.3. The number of hydrogen-bond donors (Lipinski definition) is 1. The zero-order valence-electron chi connectivity index (χ0n) is 14.5. The number of halogens is 1. The Labute approximate surface area is 154 Å².